The van der Waals surface area contributed by atoms with Crippen LogP contribution in [0.15, 0.2) is 24.3 Å². The van der Waals surface area contributed by atoms with Gasteiger partial charge in [0, 0.05) is 16.1 Å². The van der Waals surface area contributed by atoms with Crippen LogP contribution in [0.4, 0.5) is 4.39 Å². The molecule has 0 amide bonds. The van der Waals surface area contributed by atoms with Crippen molar-refractivity contribution in [1.82, 2.24) is 0 Å². The van der Waals surface area contributed by atoms with Crippen LogP contribution in [0.5, 0.6) is 0 Å². The lowest BCUT2D eigenvalue weighted by atomic mass is 9.72. The first-order valence-electron chi connectivity index (χ1n) is 7.55. The number of fused-ring (bicyclic) bond motifs is 2. The molecule has 0 N–H and O–H groups in total. The molecule has 1 aromatic carbocycles. The van der Waals surface area contributed by atoms with Crippen LogP contribution in [0.25, 0.3) is 0 Å². The zero-order valence-electron chi connectivity index (χ0n) is 11.6. The molecule has 3 heteroatoms. The molecule has 0 aliphatic heterocycles. The molecule has 0 aromatic heterocycles. The average molecular weight is 404 g/mol. The molecule has 2 saturated carbocycles. The van der Waals surface area contributed by atoms with Crippen LogP contribution in [0.2, 0.25) is 0 Å². The Morgan fingerprint density at radius 1 is 1.10 bits per heavy atom. The van der Waals surface area contributed by atoms with Gasteiger partial charge in [0.25, 0.3) is 0 Å². The van der Waals surface area contributed by atoms with Crippen molar-refractivity contribution in [1.29, 1.82) is 0 Å². The van der Waals surface area contributed by atoms with Crippen LogP contribution in [0.3, 0.4) is 0 Å². The molecule has 2 aliphatic rings. The highest BCUT2D eigenvalue weighted by atomic mass is 79.9. The lowest BCUT2D eigenvalue weighted by Crippen LogP contribution is -2.35. The fraction of sp³-hybridized carbons (Fsp3) is 0.647. The van der Waals surface area contributed by atoms with Gasteiger partial charge in [-0.25, -0.2) is 4.39 Å². The van der Waals surface area contributed by atoms with Crippen LogP contribution in [0, 0.1) is 23.6 Å². The van der Waals surface area contributed by atoms with Crippen LogP contribution < -0.4 is 0 Å². The van der Waals surface area contributed by atoms with E-state index >= 15 is 0 Å². The van der Waals surface area contributed by atoms with Crippen molar-refractivity contribution >= 4 is 31.9 Å². The fourth-order valence-corrected chi connectivity index (χ4v) is 6.41. The lowest BCUT2D eigenvalue weighted by Gasteiger charge is -2.36. The van der Waals surface area contributed by atoms with E-state index in [9.17, 15) is 4.39 Å². The van der Waals surface area contributed by atoms with Gasteiger partial charge in [0.15, 0.2) is 0 Å². The topological polar surface area (TPSA) is 0 Å². The van der Waals surface area contributed by atoms with Crippen molar-refractivity contribution in [3.8, 4) is 0 Å². The van der Waals surface area contributed by atoms with Gasteiger partial charge in [0.1, 0.15) is 5.82 Å². The monoisotopic (exact) mass is 402 g/mol. The molecule has 110 valence electrons. The summed E-state index contributed by atoms with van der Waals surface area (Å²) < 4.78 is 14.3. The molecule has 3 atom stereocenters. The van der Waals surface area contributed by atoms with Crippen LogP contribution in [0.1, 0.15) is 37.7 Å². The molecule has 2 bridgehead atoms. The molecule has 3 unspecified atom stereocenters. The Hall–Kier alpha value is 0.110. The highest BCUT2D eigenvalue weighted by Crippen LogP contribution is 2.52. The number of halogens is 3. The van der Waals surface area contributed by atoms with Crippen molar-refractivity contribution in [2.24, 2.45) is 17.8 Å². The fourth-order valence-electron chi connectivity index (χ4n) is 4.42. The highest BCUT2D eigenvalue weighted by Gasteiger charge is 2.44. The van der Waals surface area contributed by atoms with Gasteiger partial charge in [0.2, 0.25) is 0 Å². The summed E-state index contributed by atoms with van der Waals surface area (Å²) in [5, 5.41) is 1.64. The number of alkyl halides is 2. The normalized spacial score (nSPS) is 29.1. The van der Waals surface area contributed by atoms with Gasteiger partial charge >= 0.3 is 0 Å². The maximum absolute atomic E-state index is 14.3. The van der Waals surface area contributed by atoms with Gasteiger partial charge in [-0.15, -0.1) is 0 Å². The van der Waals surface area contributed by atoms with Gasteiger partial charge in [-0.05, 0) is 55.1 Å². The molecular formula is C17H21Br2F. The molecule has 3 rings (SSSR count). The zero-order valence-corrected chi connectivity index (χ0v) is 14.8. The van der Waals surface area contributed by atoms with Crippen LogP contribution >= 0.6 is 31.9 Å². The zero-order chi connectivity index (χ0) is 14.2. The van der Waals surface area contributed by atoms with E-state index < -0.39 is 0 Å². The van der Waals surface area contributed by atoms with Crippen molar-refractivity contribution in [2.45, 2.75) is 37.5 Å². The van der Waals surface area contributed by atoms with Crippen LogP contribution in [-0.2, 0) is 5.41 Å². The van der Waals surface area contributed by atoms with Crippen molar-refractivity contribution in [2.75, 3.05) is 10.7 Å². The Balaban J connectivity index is 1.86. The number of benzene rings is 1. The maximum atomic E-state index is 14.3. The molecule has 0 radical (unpaired) electrons. The number of hydrogen-bond donors (Lipinski definition) is 0. The van der Waals surface area contributed by atoms with Crippen LogP contribution in [-0.4, -0.2) is 10.7 Å². The summed E-state index contributed by atoms with van der Waals surface area (Å²) in [5.41, 5.74) is 0.761. The molecule has 0 spiro atoms. The van der Waals surface area contributed by atoms with E-state index in [2.05, 4.69) is 31.9 Å². The standard InChI is InChI=1S/C17H21Br2F/c18-10-17(11-19,15-3-1-2-4-16(15)20)9-14-8-12-5-6-13(14)7-12/h1-4,12-14H,5-11H2. The maximum Gasteiger partial charge on any atom is 0.127 e. The van der Waals surface area contributed by atoms with E-state index in [0.29, 0.717) is 0 Å². The van der Waals surface area contributed by atoms with Gasteiger partial charge in [-0.1, -0.05) is 56.5 Å². The molecular weight excluding hydrogens is 383 g/mol. The molecule has 2 fully saturated rings. The van der Waals surface area contributed by atoms with Gasteiger partial charge in [-0.2, -0.15) is 0 Å². The number of hydrogen-bond acceptors (Lipinski definition) is 0. The summed E-state index contributed by atoms with van der Waals surface area (Å²) in [7, 11) is 0. The van der Waals surface area contributed by atoms with Crippen molar-refractivity contribution in [3.63, 3.8) is 0 Å². The summed E-state index contributed by atoms with van der Waals surface area (Å²) in [4.78, 5) is 0. The van der Waals surface area contributed by atoms with E-state index in [1.807, 2.05) is 12.1 Å². The second-order valence-corrected chi connectivity index (χ2v) is 7.79. The largest absolute Gasteiger partial charge is 0.207 e. The quantitative estimate of drug-likeness (QED) is 0.554. The van der Waals surface area contributed by atoms with Gasteiger partial charge in [-0.3, -0.25) is 0 Å². The molecule has 0 saturated heterocycles. The summed E-state index contributed by atoms with van der Waals surface area (Å²) in [6.45, 7) is 0. The smallest absolute Gasteiger partial charge is 0.127 e. The second-order valence-electron chi connectivity index (χ2n) is 6.67. The Labute approximate surface area is 137 Å². The minimum absolute atomic E-state index is 0.0606. The third-order valence-electron chi connectivity index (χ3n) is 5.49. The first kappa shape index (κ1) is 15.0. The summed E-state index contributed by atoms with van der Waals surface area (Å²) in [6, 6.07) is 7.30. The van der Waals surface area contributed by atoms with Gasteiger partial charge < -0.3 is 0 Å². The average Bonchev–Trinajstić information content (AvgIpc) is 3.08. The van der Waals surface area contributed by atoms with Crippen molar-refractivity contribution in [3.05, 3.63) is 35.6 Å². The first-order chi connectivity index (χ1) is 9.68. The van der Waals surface area contributed by atoms with E-state index in [-0.39, 0.29) is 11.2 Å². The third-order valence-corrected chi connectivity index (χ3v) is 7.64. The second kappa shape index (κ2) is 6.08. The molecule has 0 heterocycles. The Morgan fingerprint density at radius 2 is 1.85 bits per heavy atom. The lowest BCUT2D eigenvalue weighted by molar-refractivity contribution is 0.263. The Kier molecular flexibility index (Phi) is 4.57. The summed E-state index contributed by atoms with van der Waals surface area (Å²) in [6.07, 6.45) is 6.71. The third kappa shape index (κ3) is 2.61. The van der Waals surface area contributed by atoms with E-state index in [0.717, 1.165) is 40.4 Å². The van der Waals surface area contributed by atoms with Crippen molar-refractivity contribution < 1.29 is 4.39 Å². The summed E-state index contributed by atoms with van der Waals surface area (Å²) >= 11 is 7.34. The summed E-state index contributed by atoms with van der Waals surface area (Å²) in [5.74, 6) is 2.57. The van der Waals surface area contributed by atoms with E-state index in [4.69, 9.17) is 0 Å². The predicted octanol–water partition coefficient (Wildman–Crippen LogP) is 5.68. The molecule has 0 nitrogen and oxygen atoms in total. The SMILES string of the molecule is Fc1ccccc1C(CBr)(CBr)CC1CC2CCC1C2. The Morgan fingerprint density at radius 3 is 2.40 bits per heavy atom. The molecule has 1 aromatic rings. The minimum Gasteiger partial charge on any atom is -0.207 e. The molecule has 20 heavy (non-hydrogen) atoms. The predicted molar refractivity (Wildman–Crippen MR) is 89.2 cm³/mol. The van der Waals surface area contributed by atoms with E-state index in [1.165, 1.54) is 25.7 Å². The Bertz CT molecular complexity index is 470. The first-order valence-corrected chi connectivity index (χ1v) is 9.80. The molecule has 2 aliphatic carbocycles. The van der Waals surface area contributed by atoms with E-state index in [1.54, 1.807) is 12.1 Å². The number of rotatable bonds is 5. The minimum atomic E-state index is -0.111. The van der Waals surface area contributed by atoms with Gasteiger partial charge in [0.05, 0.1) is 0 Å². The highest BCUT2D eigenvalue weighted by molar-refractivity contribution is 9.09.